The number of benzene rings is 3. The van der Waals surface area contributed by atoms with Crippen LogP contribution in [0.25, 0.3) is 0 Å². The number of alkyl halides is 3. The number of amides is 2. The molecule has 0 aliphatic rings. The third kappa shape index (κ3) is 8.23. The SMILES string of the molecule is CC(C(=O)NC(C)(C)C)N(Cc1ccccc1Cl)C(=O)CN(c1cccc(C(F)(F)F)c1)S(=O)(=O)c1ccccc1. The molecule has 0 heterocycles. The highest BCUT2D eigenvalue weighted by Crippen LogP contribution is 2.33. The molecule has 2 amide bonds. The van der Waals surface area contributed by atoms with Gasteiger partial charge in [0.05, 0.1) is 16.1 Å². The number of nitrogens with zero attached hydrogens (tertiary/aromatic N) is 2. The van der Waals surface area contributed by atoms with Gasteiger partial charge >= 0.3 is 6.18 Å². The molecule has 0 bridgehead atoms. The summed E-state index contributed by atoms with van der Waals surface area (Å²) in [4.78, 5) is 27.9. The Hall–Kier alpha value is -3.57. The van der Waals surface area contributed by atoms with Crippen LogP contribution in [0, 0.1) is 0 Å². The van der Waals surface area contributed by atoms with Gasteiger partial charge in [0.25, 0.3) is 10.0 Å². The van der Waals surface area contributed by atoms with Crippen LogP contribution in [0.15, 0.2) is 83.8 Å². The van der Waals surface area contributed by atoms with E-state index in [1.165, 1.54) is 37.3 Å². The van der Waals surface area contributed by atoms with E-state index in [4.69, 9.17) is 11.6 Å². The molecule has 0 aliphatic heterocycles. The lowest BCUT2D eigenvalue weighted by atomic mass is 10.1. The number of hydrogen-bond donors (Lipinski definition) is 1. The van der Waals surface area contributed by atoms with Gasteiger partial charge in [-0.3, -0.25) is 13.9 Å². The van der Waals surface area contributed by atoms with Gasteiger partial charge < -0.3 is 10.2 Å². The molecule has 1 N–H and O–H groups in total. The van der Waals surface area contributed by atoms with Gasteiger partial charge in [0.2, 0.25) is 11.8 Å². The molecule has 0 saturated carbocycles. The molecule has 3 rings (SSSR count). The average molecular weight is 610 g/mol. The minimum atomic E-state index is -4.75. The molecule has 41 heavy (non-hydrogen) atoms. The summed E-state index contributed by atoms with van der Waals surface area (Å²) in [5, 5.41) is 3.12. The molecule has 3 aromatic carbocycles. The third-order valence-corrected chi connectivity index (χ3v) is 8.19. The molecule has 3 aromatic rings. The fraction of sp³-hybridized carbons (Fsp3) is 0.310. The Morgan fingerprint density at radius 1 is 0.927 bits per heavy atom. The Balaban J connectivity index is 2.10. The summed E-state index contributed by atoms with van der Waals surface area (Å²) in [5.41, 5.74) is -1.58. The second-order valence-electron chi connectivity index (χ2n) is 10.4. The Labute approximate surface area is 243 Å². The molecule has 0 aromatic heterocycles. The number of carbonyl (C=O) groups excluding carboxylic acids is 2. The maximum Gasteiger partial charge on any atom is 0.416 e. The summed E-state index contributed by atoms with van der Waals surface area (Å²) in [7, 11) is -4.51. The van der Waals surface area contributed by atoms with Crippen LogP contribution >= 0.6 is 11.6 Å². The first-order valence-electron chi connectivity index (χ1n) is 12.6. The van der Waals surface area contributed by atoms with Crippen molar-refractivity contribution in [3.8, 4) is 0 Å². The van der Waals surface area contributed by atoms with E-state index in [-0.39, 0.29) is 17.1 Å². The minimum absolute atomic E-state index is 0.154. The van der Waals surface area contributed by atoms with Crippen molar-refractivity contribution in [3.05, 3.63) is 95.0 Å². The summed E-state index contributed by atoms with van der Waals surface area (Å²) < 4.78 is 68.7. The molecule has 0 aliphatic carbocycles. The highest BCUT2D eigenvalue weighted by Gasteiger charge is 2.35. The van der Waals surface area contributed by atoms with Crippen molar-refractivity contribution in [2.75, 3.05) is 10.8 Å². The molecular weight excluding hydrogens is 579 g/mol. The zero-order chi connectivity index (χ0) is 30.6. The van der Waals surface area contributed by atoms with Gasteiger partial charge in [-0.15, -0.1) is 0 Å². The summed E-state index contributed by atoms with van der Waals surface area (Å²) in [6.07, 6.45) is -4.75. The molecular formula is C29H31ClF3N3O4S. The highest BCUT2D eigenvalue weighted by molar-refractivity contribution is 7.92. The van der Waals surface area contributed by atoms with Gasteiger partial charge in [-0.05, 0) is 69.7 Å². The molecule has 0 saturated heterocycles. The standard InChI is InChI=1S/C29H31ClF3N3O4S/c1-20(27(38)34-28(2,3)4)35(18-21-11-8-9-16-25(21)30)26(37)19-36(41(39,40)24-14-6-5-7-15-24)23-13-10-12-22(17-23)29(31,32)33/h5-17,20H,18-19H2,1-4H3,(H,34,38). The van der Waals surface area contributed by atoms with Crippen LogP contribution in [0.4, 0.5) is 18.9 Å². The molecule has 0 radical (unpaired) electrons. The van der Waals surface area contributed by atoms with Crippen molar-refractivity contribution >= 4 is 39.1 Å². The Morgan fingerprint density at radius 3 is 2.12 bits per heavy atom. The highest BCUT2D eigenvalue weighted by atomic mass is 35.5. The maximum atomic E-state index is 13.9. The molecule has 1 unspecified atom stereocenters. The second kappa shape index (κ2) is 12.5. The fourth-order valence-electron chi connectivity index (χ4n) is 3.95. The van der Waals surface area contributed by atoms with E-state index >= 15 is 0 Å². The van der Waals surface area contributed by atoms with E-state index in [9.17, 15) is 31.2 Å². The number of rotatable bonds is 9. The summed E-state index contributed by atoms with van der Waals surface area (Å²) >= 11 is 6.33. The van der Waals surface area contributed by atoms with Crippen LogP contribution in [0.1, 0.15) is 38.8 Å². The van der Waals surface area contributed by atoms with Crippen LogP contribution in [0.3, 0.4) is 0 Å². The lowest BCUT2D eigenvalue weighted by molar-refractivity contribution is -0.140. The molecule has 12 heteroatoms. The zero-order valence-corrected chi connectivity index (χ0v) is 24.5. The van der Waals surface area contributed by atoms with E-state index < -0.39 is 51.7 Å². The Morgan fingerprint density at radius 2 is 1.54 bits per heavy atom. The lowest BCUT2D eigenvalue weighted by Crippen LogP contribution is -2.54. The van der Waals surface area contributed by atoms with Gasteiger partial charge in [-0.2, -0.15) is 13.2 Å². The van der Waals surface area contributed by atoms with Gasteiger partial charge in [0.15, 0.2) is 0 Å². The van der Waals surface area contributed by atoms with E-state index in [0.29, 0.717) is 21.0 Å². The second-order valence-corrected chi connectivity index (χ2v) is 12.7. The van der Waals surface area contributed by atoms with E-state index in [2.05, 4.69) is 5.32 Å². The molecule has 0 fully saturated rings. The first-order chi connectivity index (χ1) is 19.0. The summed E-state index contributed by atoms with van der Waals surface area (Å²) in [6, 6.07) is 16.3. The lowest BCUT2D eigenvalue weighted by Gasteiger charge is -2.33. The number of anilines is 1. The number of hydrogen-bond acceptors (Lipinski definition) is 4. The average Bonchev–Trinajstić information content (AvgIpc) is 2.89. The van der Waals surface area contributed by atoms with Crippen LogP contribution in [0.2, 0.25) is 5.02 Å². The number of carbonyl (C=O) groups is 2. The first-order valence-corrected chi connectivity index (χ1v) is 14.4. The van der Waals surface area contributed by atoms with Gasteiger partial charge in [-0.1, -0.05) is 54.1 Å². The van der Waals surface area contributed by atoms with E-state index in [1.54, 1.807) is 51.1 Å². The van der Waals surface area contributed by atoms with Crippen molar-refractivity contribution in [1.29, 1.82) is 0 Å². The predicted molar refractivity (Wildman–Crippen MR) is 152 cm³/mol. The normalized spacial score (nSPS) is 12.9. The molecule has 220 valence electrons. The van der Waals surface area contributed by atoms with E-state index in [0.717, 1.165) is 17.0 Å². The topological polar surface area (TPSA) is 86.8 Å². The third-order valence-electron chi connectivity index (χ3n) is 6.04. The van der Waals surface area contributed by atoms with Crippen molar-refractivity contribution in [3.63, 3.8) is 0 Å². The quantitative estimate of drug-likeness (QED) is 0.328. The summed E-state index contributed by atoms with van der Waals surface area (Å²) in [6.45, 7) is 5.74. The van der Waals surface area contributed by atoms with E-state index in [1.807, 2.05) is 0 Å². The predicted octanol–water partition coefficient (Wildman–Crippen LogP) is 5.89. The largest absolute Gasteiger partial charge is 0.416 e. The van der Waals surface area contributed by atoms with Gasteiger partial charge in [0, 0.05) is 17.1 Å². The first kappa shape index (κ1) is 32.0. The Kier molecular flexibility index (Phi) is 9.76. The van der Waals surface area contributed by atoms with Crippen LogP contribution in [-0.4, -0.2) is 43.3 Å². The van der Waals surface area contributed by atoms with Gasteiger partial charge in [-0.25, -0.2) is 8.42 Å². The monoisotopic (exact) mass is 609 g/mol. The van der Waals surface area contributed by atoms with Gasteiger partial charge in [0.1, 0.15) is 12.6 Å². The smallest absolute Gasteiger partial charge is 0.350 e. The Bertz CT molecular complexity index is 1490. The van der Waals surface area contributed by atoms with Crippen molar-refractivity contribution in [1.82, 2.24) is 10.2 Å². The minimum Gasteiger partial charge on any atom is -0.350 e. The van der Waals surface area contributed by atoms with Crippen molar-refractivity contribution in [2.24, 2.45) is 0 Å². The van der Waals surface area contributed by atoms with Crippen LogP contribution in [0.5, 0.6) is 0 Å². The van der Waals surface area contributed by atoms with Crippen LogP contribution in [-0.2, 0) is 32.3 Å². The number of nitrogens with one attached hydrogen (secondary N) is 1. The fourth-order valence-corrected chi connectivity index (χ4v) is 5.58. The maximum absolute atomic E-state index is 13.9. The number of sulfonamides is 1. The molecule has 7 nitrogen and oxygen atoms in total. The molecule has 1 atom stereocenters. The molecule has 0 spiro atoms. The zero-order valence-electron chi connectivity index (χ0n) is 22.9. The van der Waals surface area contributed by atoms with Crippen molar-refractivity contribution in [2.45, 2.75) is 56.9 Å². The van der Waals surface area contributed by atoms with Crippen molar-refractivity contribution < 1.29 is 31.2 Å². The summed E-state index contributed by atoms with van der Waals surface area (Å²) in [5.74, 6) is -1.33. The number of halogens is 4. The van der Waals surface area contributed by atoms with Crippen LogP contribution < -0.4 is 9.62 Å².